The maximum Gasteiger partial charge on any atom is 0.0661 e. The first-order valence-electron chi connectivity index (χ1n) is 2.19. The lowest BCUT2D eigenvalue weighted by Crippen LogP contribution is -1.90. The maximum absolute atomic E-state index is 8.20. The molecule has 0 aromatic heterocycles. The molecule has 0 aromatic carbocycles. The van der Waals surface area contributed by atoms with E-state index in [-0.39, 0.29) is 5.92 Å². The van der Waals surface area contributed by atoms with Crippen molar-refractivity contribution in [2.24, 2.45) is 5.92 Å². The van der Waals surface area contributed by atoms with E-state index in [9.17, 15) is 0 Å². The third kappa shape index (κ3) is 3.68. The Bertz CT molecular complexity index is 74.6. The molecule has 0 aromatic rings. The molecule has 0 N–H and O–H groups in total. The average Bonchev–Trinajstić information content (AvgIpc) is 1.68. The minimum Gasteiger partial charge on any atom is -0.198 e. The summed E-state index contributed by atoms with van der Waals surface area (Å²) in [6.07, 6.45) is 2.01. The van der Waals surface area contributed by atoms with Crippen molar-refractivity contribution in [2.75, 3.05) is 12.0 Å². The number of hydrogen-bond donors (Lipinski definition) is 0. The van der Waals surface area contributed by atoms with Crippen LogP contribution in [-0.4, -0.2) is 12.0 Å². The van der Waals surface area contributed by atoms with Crippen molar-refractivity contribution in [3.05, 3.63) is 0 Å². The summed E-state index contributed by atoms with van der Waals surface area (Å²) >= 11 is 1.71. The molecule has 7 heavy (non-hydrogen) atoms. The Balaban J connectivity index is 3.04. The molecule has 40 valence electrons. The SMILES string of the molecule is CSCC(C)C#N. The van der Waals surface area contributed by atoms with Gasteiger partial charge in [0.15, 0.2) is 0 Å². The number of nitrogens with zero attached hydrogens (tertiary/aromatic N) is 1. The summed E-state index contributed by atoms with van der Waals surface area (Å²) in [5, 5.41) is 8.20. The molecule has 0 heterocycles. The summed E-state index contributed by atoms with van der Waals surface area (Å²) in [6, 6.07) is 2.14. The average molecular weight is 115 g/mol. The van der Waals surface area contributed by atoms with Crippen LogP contribution in [0.4, 0.5) is 0 Å². The zero-order chi connectivity index (χ0) is 5.70. The Labute approximate surface area is 48.7 Å². The second-order valence-corrected chi connectivity index (χ2v) is 2.40. The normalized spacial score (nSPS) is 12.7. The largest absolute Gasteiger partial charge is 0.198 e. The number of nitriles is 1. The second-order valence-electron chi connectivity index (χ2n) is 1.49. The van der Waals surface area contributed by atoms with Gasteiger partial charge in [-0.25, -0.2) is 0 Å². The molecule has 1 atom stereocenters. The Hall–Kier alpha value is -0.160. The monoisotopic (exact) mass is 115 g/mol. The molecule has 1 nitrogen and oxygen atoms in total. The molecule has 2 heteroatoms. The van der Waals surface area contributed by atoms with Crippen LogP contribution in [0, 0.1) is 17.2 Å². The topological polar surface area (TPSA) is 23.8 Å². The summed E-state index contributed by atoms with van der Waals surface area (Å²) in [6.45, 7) is 1.93. The van der Waals surface area contributed by atoms with Crippen LogP contribution in [0.2, 0.25) is 0 Å². The summed E-state index contributed by atoms with van der Waals surface area (Å²) in [4.78, 5) is 0. The maximum atomic E-state index is 8.20. The summed E-state index contributed by atoms with van der Waals surface area (Å²) in [5.74, 6) is 1.17. The fourth-order valence-corrected chi connectivity index (χ4v) is 0.862. The van der Waals surface area contributed by atoms with Crippen LogP contribution in [0.25, 0.3) is 0 Å². The Kier molecular flexibility index (Phi) is 3.92. The van der Waals surface area contributed by atoms with Crippen LogP contribution in [0.15, 0.2) is 0 Å². The first-order valence-corrected chi connectivity index (χ1v) is 3.59. The number of thioether (sulfide) groups is 1. The van der Waals surface area contributed by atoms with Gasteiger partial charge in [-0.2, -0.15) is 17.0 Å². The number of rotatable bonds is 2. The van der Waals surface area contributed by atoms with Crippen molar-refractivity contribution in [1.29, 1.82) is 5.26 Å². The zero-order valence-electron chi connectivity index (χ0n) is 4.64. The lowest BCUT2D eigenvalue weighted by molar-refractivity contribution is 0.865. The van der Waals surface area contributed by atoms with Gasteiger partial charge in [-0.15, -0.1) is 0 Å². The summed E-state index contributed by atoms with van der Waals surface area (Å²) in [7, 11) is 0. The Morgan fingerprint density at radius 2 is 2.43 bits per heavy atom. The van der Waals surface area contributed by atoms with Crippen molar-refractivity contribution >= 4 is 11.8 Å². The van der Waals surface area contributed by atoms with Gasteiger partial charge >= 0.3 is 0 Å². The van der Waals surface area contributed by atoms with Crippen molar-refractivity contribution in [3.8, 4) is 6.07 Å². The molecule has 0 aliphatic heterocycles. The van der Waals surface area contributed by atoms with E-state index in [0.717, 1.165) is 5.75 Å². The molecular weight excluding hydrogens is 106 g/mol. The molecule has 0 saturated carbocycles. The van der Waals surface area contributed by atoms with Gasteiger partial charge in [0.2, 0.25) is 0 Å². The third-order valence-corrected chi connectivity index (χ3v) is 1.47. The van der Waals surface area contributed by atoms with Gasteiger partial charge in [0, 0.05) is 5.75 Å². The Morgan fingerprint density at radius 3 is 2.57 bits per heavy atom. The highest BCUT2D eigenvalue weighted by Crippen LogP contribution is 2.00. The zero-order valence-corrected chi connectivity index (χ0v) is 5.46. The molecule has 0 amide bonds. The van der Waals surface area contributed by atoms with E-state index < -0.39 is 0 Å². The fraction of sp³-hybridized carbons (Fsp3) is 0.800. The van der Waals surface area contributed by atoms with Crippen molar-refractivity contribution < 1.29 is 0 Å². The minimum atomic E-state index is 0.218. The lowest BCUT2D eigenvalue weighted by atomic mass is 10.3. The molecule has 0 rings (SSSR count). The third-order valence-electron chi connectivity index (χ3n) is 0.637. The lowest BCUT2D eigenvalue weighted by Gasteiger charge is -1.92. The Morgan fingerprint density at radius 1 is 1.86 bits per heavy atom. The van der Waals surface area contributed by atoms with E-state index in [2.05, 4.69) is 6.07 Å². The van der Waals surface area contributed by atoms with Crippen LogP contribution in [0.3, 0.4) is 0 Å². The highest BCUT2D eigenvalue weighted by atomic mass is 32.2. The van der Waals surface area contributed by atoms with Crippen molar-refractivity contribution in [1.82, 2.24) is 0 Å². The van der Waals surface area contributed by atoms with Gasteiger partial charge in [-0.3, -0.25) is 0 Å². The molecule has 1 unspecified atom stereocenters. The predicted octanol–water partition coefficient (Wildman–Crippen LogP) is 1.51. The van der Waals surface area contributed by atoms with Gasteiger partial charge < -0.3 is 0 Å². The van der Waals surface area contributed by atoms with Gasteiger partial charge in [0.05, 0.1) is 12.0 Å². The van der Waals surface area contributed by atoms with Crippen molar-refractivity contribution in [2.45, 2.75) is 6.92 Å². The molecular formula is C5H9NS. The highest BCUT2D eigenvalue weighted by Gasteiger charge is 1.93. The van der Waals surface area contributed by atoms with Crippen LogP contribution >= 0.6 is 11.8 Å². The standard InChI is InChI=1S/C5H9NS/c1-5(3-6)4-7-2/h5H,4H2,1-2H3. The van der Waals surface area contributed by atoms with Crippen LogP contribution in [0.1, 0.15) is 6.92 Å². The van der Waals surface area contributed by atoms with Crippen molar-refractivity contribution in [3.63, 3.8) is 0 Å². The van der Waals surface area contributed by atoms with Crippen LogP contribution in [-0.2, 0) is 0 Å². The van der Waals surface area contributed by atoms with E-state index in [1.165, 1.54) is 0 Å². The summed E-state index contributed by atoms with van der Waals surface area (Å²) in [5.41, 5.74) is 0. The molecule has 0 spiro atoms. The van der Waals surface area contributed by atoms with Gasteiger partial charge in [0.25, 0.3) is 0 Å². The molecule has 0 fully saturated rings. The first kappa shape index (κ1) is 6.84. The van der Waals surface area contributed by atoms with E-state index in [0.29, 0.717) is 0 Å². The van der Waals surface area contributed by atoms with Gasteiger partial charge in [0.1, 0.15) is 0 Å². The number of hydrogen-bond acceptors (Lipinski definition) is 2. The van der Waals surface area contributed by atoms with Crippen LogP contribution < -0.4 is 0 Å². The molecule has 0 aliphatic carbocycles. The first-order chi connectivity index (χ1) is 3.31. The van der Waals surface area contributed by atoms with Gasteiger partial charge in [-0.05, 0) is 13.2 Å². The van der Waals surface area contributed by atoms with Crippen LogP contribution in [0.5, 0.6) is 0 Å². The molecule has 0 saturated heterocycles. The van der Waals surface area contributed by atoms with E-state index in [1.54, 1.807) is 11.8 Å². The molecule has 0 bridgehead atoms. The smallest absolute Gasteiger partial charge is 0.0661 e. The fourth-order valence-electron chi connectivity index (χ4n) is 0.287. The van der Waals surface area contributed by atoms with E-state index in [4.69, 9.17) is 5.26 Å². The minimum absolute atomic E-state index is 0.218. The predicted molar refractivity (Wildman–Crippen MR) is 33.2 cm³/mol. The van der Waals surface area contributed by atoms with E-state index in [1.807, 2.05) is 13.2 Å². The van der Waals surface area contributed by atoms with Gasteiger partial charge in [-0.1, -0.05) is 0 Å². The highest BCUT2D eigenvalue weighted by molar-refractivity contribution is 7.98. The van der Waals surface area contributed by atoms with E-state index >= 15 is 0 Å². The second kappa shape index (κ2) is 4.01. The molecule has 0 radical (unpaired) electrons. The summed E-state index contributed by atoms with van der Waals surface area (Å²) < 4.78 is 0. The molecule has 0 aliphatic rings. The quantitative estimate of drug-likeness (QED) is 0.544.